The maximum absolute atomic E-state index is 11.9. The van der Waals surface area contributed by atoms with Gasteiger partial charge in [0, 0.05) is 39.6 Å². The average Bonchev–Trinajstić information content (AvgIpc) is 2.89. The monoisotopic (exact) mass is 266 g/mol. The van der Waals surface area contributed by atoms with Gasteiger partial charge < -0.3 is 15.2 Å². The summed E-state index contributed by atoms with van der Waals surface area (Å²) < 4.78 is 2.06. The van der Waals surface area contributed by atoms with E-state index in [2.05, 4.69) is 19.7 Å². The van der Waals surface area contributed by atoms with Crippen molar-refractivity contribution in [3.63, 3.8) is 0 Å². The minimum Gasteiger partial charge on any atom is -0.346 e. The van der Waals surface area contributed by atoms with Crippen LogP contribution in [-0.4, -0.2) is 63.7 Å². The highest BCUT2D eigenvalue weighted by atomic mass is 16.2. The molecule has 0 radical (unpaired) electrons. The van der Waals surface area contributed by atoms with E-state index in [1.165, 1.54) is 0 Å². The Kier molecular flexibility index (Phi) is 4.86. The summed E-state index contributed by atoms with van der Waals surface area (Å²) in [4.78, 5) is 15.9. The molecule has 0 saturated heterocycles. The highest BCUT2D eigenvalue weighted by Crippen LogP contribution is 2.09. The normalized spacial score (nSPS) is 15.3. The molecule has 0 atom stereocenters. The maximum atomic E-state index is 11.9. The zero-order valence-corrected chi connectivity index (χ0v) is 11.5. The fourth-order valence-electron chi connectivity index (χ4n) is 2.20. The Balaban J connectivity index is 1.73. The van der Waals surface area contributed by atoms with E-state index in [4.69, 9.17) is 5.73 Å². The molecule has 1 aliphatic heterocycles. The molecule has 0 bridgehead atoms. The lowest BCUT2D eigenvalue weighted by atomic mass is 10.3. The Morgan fingerprint density at radius 2 is 2.37 bits per heavy atom. The molecule has 1 aliphatic rings. The van der Waals surface area contributed by atoms with Crippen molar-refractivity contribution >= 4 is 5.91 Å². The van der Waals surface area contributed by atoms with Crippen LogP contribution in [0.15, 0.2) is 6.33 Å². The van der Waals surface area contributed by atoms with Gasteiger partial charge in [0.1, 0.15) is 12.2 Å². The van der Waals surface area contributed by atoms with E-state index in [0.29, 0.717) is 13.0 Å². The molecule has 0 spiro atoms. The highest BCUT2D eigenvalue weighted by molar-refractivity contribution is 5.76. The van der Waals surface area contributed by atoms with Crippen molar-refractivity contribution in [3.8, 4) is 0 Å². The molecule has 0 saturated carbocycles. The summed E-state index contributed by atoms with van der Waals surface area (Å²) in [5.74, 6) is 1.16. The van der Waals surface area contributed by atoms with Gasteiger partial charge in [0.25, 0.3) is 0 Å². The van der Waals surface area contributed by atoms with Crippen LogP contribution >= 0.6 is 0 Å². The van der Waals surface area contributed by atoms with Crippen LogP contribution in [0.3, 0.4) is 0 Å². The van der Waals surface area contributed by atoms with Gasteiger partial charge in [0.05, 0.1) is 6.54 Å². The Morgan fingerprint density at radius 3 is 3.16 bits per heavy atom. The Bertz CT molecular complexity index is 418. The SMILES string of the molecule is CN(CCCN)C(=O)CCN1CCn2cnnc2C1. The number of fused-ring (bicyclic) bond motifs is 1. The molecular weight excluding hydrogens is 244 g/mol. The van der Waals surface area contributed by atoms with E-state index in [1.54, 1.807) is 11.2 Å². The van der Waals surface area contributed by atoms with Gasteiger partial charge in [-0.3, -0.25) is 9.69 Å². The summed E-state index contributed by atoms with van der Waals surface area (Å²) in [5, 5.41) is 7.97. The van der Waals surface area contributed by atoms with Crippen molar-refractivity contribution in [2.45, 2.75) is 25.9 Å². The summed E-state index contributed by atoms with van der Waals surface area (Å²) in [6, 6.07) is 0. The fraction of sp³-hybridized carbons (Fsp3) is 0.750. The summed E-state index contributed by atoms with van der Waals surface area (Å²) >= 11 is 0. The van der Waals surface area contributed by atoms with Crippen LogP contribution in [-0.2, 0) is 17.9 Å². The lowest BCUT2D eigenvalue weighted by Crippen LogP contribution is -2.37. The molecule has 2 rings (SSSR count). The second-order valence-electron chi connectivity index (χ2n) is 4.92. The first-order valence-corrected chi connectivity index (χ1v) is 6.74. The van der Waals surface area contributed by atoms with E-state index < -0.39 is 0 Å². The number of nitrogens with zero attached hydrogens (tertiary/aromatic N) is 5. The van der Waals surface area contributed by atoms with Gasteiger partial charge in [-0.05, 0) is 13.0 Å². The average molecular weight is 266 g/mol. The largest absolute Gasteiger partial charge is 0.346 e. The zero-order valence-electron chi connectivity index (χ0n) is 11.5. The van der Waals surface area contributed by atoms with Crippen molar-refractivity contribution in [3.05, 3.63) is 12.2 Å². The summed E-state index contributed by atoms with van der Waals surface area (Å²) in [6.45, 7) is 4.77. The molecule has 2 N–H and O–H groups in total. The topological polar surface area (TPSA) is 80.3 Å². The van der Waals surface area contributed by atoms with Crippen LogP contribution < -0.4 is 5.73 Å². The van der Waals surface area contributed by atoms with Crippen LogP contribution in [0, 0.1) is 0 Å². The molecule has 7 nitrogen and oxygen atoms in total. The second-order valence-corrected chi connectivity index (χ2v) is 4.92. The molecule has 0 fully saturated rings. The van der Waals surface area contributed by atoms with Crippen LogP contribution in [0.5, 0.6) is 0 Å². The fourth-order valence-corrected chi connectivity index (χ4v) is 2.20. The molecule has 2 heterocycles. The van der Waals surface area contributed by atoms with Crippen molar-refractivity contribution in [1.82, 2.24) is 24.6 Å². The van der Waals surface area contributed by atoms with E-state index in [0.717, 1.165) is 45.0 Å². The summed E-state index contributed by atoms with van der Waals surface area (Å²) in [6.07, 6.45) is 3.17. The minimum absolute atomic E-state index is 0.181. The molecule has 0 aromatic carbocycles. The zero-order chi connectivity index (χ0) is 13.7. The number of hydrogen-bond donors (Lipinski definition) is 1. The van der Waals surface area contributed by atoms with E-state index >= 15 is 0 Å². The number of hydrogen-bond acceptors (Lipinski definition) is 5. The third-order valence-corrected chi connectivity index (χ3v) is 3.48. The second kappa shape index (κ2) is 6.63. The van der Waals surface area contributed by atoms with E-state index in [9.17, 15) is 4.79 Å². The molecule has 1 aromatic heterocycles. The van der Waals surface area contributed by atoms with Gasteiger partial charge in [-0.2, -0.15) is 0 Å². The minimum atomic E-state index is 0.181. The standard InChI is InChI=1S/C12H22N6O/c1-16(5-2-4-13)12(19)3-6-17-7-8-18-10-14-15-11(18)9-17/h10H,2-9,13H2,1H3. The number of carbonyl (C=O) groups excluding carboxylic acids is 1. The van der Waals surface area contributed by atoms with Crippen molar-refractivity contribution in [2.75, 3.05) is 33.2 Å². The third-order valence-electron chi connectivity index (χ3n) is 3.48. The van der Waals surface area contributed by atoms with Gasteiger partial charge >= 0.3 is 0 Å². The molecule has 1 aromatic rings. The van der Waals surface area contributed by atoms with Crippen molar-refractivity contribution in [2.24, 2.45) is 5.73 Å². The number of carbonyl (C=O) groups is 1. The molecule has 0 aliphatic carbocycles. The Morgan fingerprint density at radius 1 is 1.53 bits per heavy atom. The van der Waals surface area contributed by atoms with Crippen LogP contribution in [0.1, 0.15) is 18.7 Å². The highest BCUT2D eigenvalue weighted by Gasteiger charge is 2.18. The molecule has 0 unspecified atom stereocenters. The summed E-state index contributed by atoms with van der Waals surface area (Å²) in [7, 11) is 1.84. The first-order chi connectivity index (χ1) is 9.20. The maximum Gasteiger partial charge on any atom is 0.223 e. The molecular formula is C12H22N6O. The van der Waals surface area contributed by atoms with Crippen LogP contribution in [0.4, 0.5) is 0 Å². The first kappa shape index (κ1) is 14.0. The Hall–Kier alpha value is -1.47. The van der Waals surface area contributed by atoms with Gasteiger partial charge in [-0.15, -0.1) is 10.2 Å². The van der Waals surface area contributed by atoms with Crippen LogP contribution in [0.25, 0.3) is 0 Å². The van der Waals surface area contributed by atoms with Gasteiger partial charge in [0.15, 0.2) is 0 Å². The quantitative estimate of drug-likeness (QED) is 0.736. The molecule has 106 valence electrons. The van der Waals surface area contributed by atoms with Crippen molar-refractivity contribution in [1.29, 1.82) is 0 Å². The smallest absolute Gasteiger partial charge is 0.223 e. The molecule has 1 amide bonds. The van der Waals surface area contributed by atoms with Gasteiger partial charge in [-0.1, -0.05) is 0 Å². The number of rotatable bonds is 6. The first-order valence-electron chi connectivity index (χ1n) is 6.74. The predicted octanol–water partition coefficient (Wildman–Crippen LogP) is -0.709. The third kappa shape index (κ3) is 3.74. The number of amides is 1. The number of aromatic nitrogens is 3. The van der Waals surface area contributed by atoms with Crippen molar-refractivity contribution < 1.29 is 4.79 Å². The van der Waals surface area contributed by atoms with Crippen LogP contribution in [0.2, 0.25) is 0 Å². The summed E-state index contributed by atoms with van der Waals surface area (Å²) in [5.41, 5.74) is 5.44. The number of nitrogens with two attached hydrogens (primary N) is 1. The Labute approximate surface area is 113 Å². The van der Waals surface area contributed by atoms with Gasteiger partial charge in [-0.25, -0.2) is 0 Å². The lowest BCUT2D eigenvalue weighted by molar-refractivity contribution is -0.130. The lowest BCUT2D eigenvalue weighted by Gasteiger charge is -2.27. The predicted molar refractivity (Wildman–Crippen MR) is 71.2 cm³/mol. The molecule has 7 heteroatoms. The van der Waals surface area contributed by atoms with E-state index in [-0.39, 0.29) is 5.91 Å². The van der Waals surface area contributed by atoms with E-state index in [1.807, 2.05) is 7.05 Å². The van der Waals surface area contributed by atoms with Gasteiger partial charge in [0.2, 0.25) is 5.91 Å². The molecule has 19 heavy (non-hydrogen) atoms.